The monoisotopic (exact) mass is 484 g/mol. The van der Waals surface area contributed by atoms with Crippen molar-refractivity contribution in [1.29, 1.82) is 0 Å². The molecule has 0 aliphatic carbocycles. The van der Waals surface area contributed by atoms with Crippen LogP contribution in [-0.2, 0) is 6.54 Å². The van der Waals surface area contributed by atoms with E-state index in [2.05, 4.69) is 55.1 Å². The molecule has 1 aromatic carbocycles. The van der Waals surface area contributed by atoms with Crippen LogP contribution in [0.2, 0.25) is 0 Å². The summed E-state index contributed by atoms with van der Waals surface area (Å²) in [6, 6.07) is 6.79. The van der Waals surface area contributed by atoms with Crippen molar-refractivity contribution in [1.82, 2.24) is 39.0 Å². The van der Waals surface area contributed by atoms with Crippen LogP contribution in [-0.4, -0.2) is 59.2 Å². The number of aromatic nitrogens is 7. The molecular weight excluding hydrogens is 456 g/mol. The van der Waals surface area contributed by atoms with Crippen LogP contribution < -0.4 is 10.4 Å². The predicted molar refractivity (Wildman–Crippen MR) is 136 cm³/mol. The Morgan fingerprint density at radius 1 is 1.11 bits per heavy atom. The summed E-state index contributed by atoms with van der Waals surface area (Å²) in [7, 11) is 1.56. The largest absolute Gasteiger partial charge is 0.467 e. The van der Waals surface area contributed by atoms with Gasteiger partial charge in [-0.1, -0.05) is 0 Å². The molecule has 1 fully saturated rings. The van der Waals surface area contributed by atoms with Gasteiger partial charge in [0, 0.05) is 42.8 Å². The van der Waals surface area contributed by atoms with E-state index >= 15 is 0 Å². The lowest BCUT2D eigenvalue weighted by Gasteiger charge is -2.33. The molecule has 1 atom stereocenters. The number of pyridine rings is 1. The van der Waals surface area contributed by atoms with Crippen LogP contribution in [0.1, 0.15) is 35.6 Å². The molecule has 36 heavy (non-hydrogen) atoms. The van der Waals surface area contributed by atoms with E-state index < -0.39 is 0 Å². The number of hydrogen-bond acceptors (Lipinski definition) is 7. The highest BCUT2D eigenvalue weighted by Crippen LogP contribution is 2.31. The number of aromatic amines is 1. The summed E-state index contributed by atoms with van der Waals surface area (Å²) in [5.41, 5.74) is 7.88. The maximum Gasteiger partial charge on any atom is 0.326 e. The first-order valence-electron chi connectivity index (χ1n) is 12.1. The normalized spacial score (nSPS) is 16.7. The Morgan fingerprint density at radius 3 is 2.75 bits per heavy atom. The van der Waals surface area contributed by atoms with Crippen molar-refractivity contribution in [3.8, 4) is 17.1 Å². The number of fused-ring (bicyclic) bond motifs is 2. The summed E-state index contributed by atoms with van der Waals surface area (Å²) >= 11 is 0. The van der Waals surface area contributed by atoms with E-state index in [0.717, 1.165) is 77.0 Å². The van der Waals surface area contributed by atoms with Crippen LogP contribution in [0.3, 0.4) is 0 Å². The van der Waals surface area contributed by atoms with Crippen molar-refractivity contribution < 1.29 is 4.74 Å². The number of imidazole rings is 1. The number of H-pyrrole nitrogens is 1. The van der Waals surface area contributed by atoms with Gasteiger partial charge in [-0.15, -0.1) is 0 Å². The minimum Gasteiger partial charge on any atom is -0.467 e. The summed E-state index contributed by atoms with van der Waals surface area (Å²) < 4.78 is 8.80. The molecule has 6 rings (SSSR count). The Kier molecular flexibility index (Phi) is 5.52. The lowest BCUT2D eigenvalue weighted by Crippen LogP contribution is -2.38. The van der Waals surface area contributed by atoms with E-state index in [1.807, 2.05) is 17.7 Å². The van der Waals surface area contributed by atoms with E-state index in [9.17, 15) is 4.79 Å². The number of likely N-dealkylation sites (tertiary alicyclic amines) is 1. The van der Waals surface area contributed by atoms with Gasteiger partial charge in [-0.3, -0.25) is 9.47 Å². The quantitative estimate of drug-likeness (QED) is 0.408. The highest BCUT2D eigenvalue weighted by Gasteiger charge is 2.25. The van der Waals surface area contributed by atoms with Crippen LogP contribution in [0.5, 0.6) is 6.01 Å². The molecule has 1 unspecified atom stereocenters. The topological polar surface area (TPSA) is 106 Å². The fraction of sp³-hybridized carbons (Fsp3) is 0.346. The zero-order valence-corrected chi connectivity index (χ0v) is 20.6. The van der Waals surface area contributed by atoms with Crippen LogP contribution in [0.25, 0.3) is 27.8 Å². The van der Waals surface area contributed by atoms with E-state index in [-0.39, 0.29) is 11.7 Å². The van der Waals surface area contributed by atoms with Gasteiger partial charge in [0.25, 0.3) is 0 Å². The second kappa shape index (κ2) is 8.87. The number of piperidine rings is 1. The molecule has 1 N–H and O–H groups in total. The molecule has 1 aliphatic heterocycles. The summed E-state index contributed by atoms with van der Waals surface area (Å²) in [4.78, 5) is 31.4. The van der Waals surface area contributed by atoms with Crippen molar-refractivity contribution in [2.24, 2.45) is 0 Å². The van der Waals surface area contributed by atoms with Gasteiger partial charge < -0.3 is 9.72 Å². The Labute approximate surface area is 207 Å². The van der Waals surface area contributed by atoms with E-state index in [1.165, 1.54) is 0 Å². The summed E-state index contributed by atoms with van der Waals surface area (Å²) in [6.07, 6.45) is 9.14. The van der Waals surface area contributed by atoms with Crippen molar-refractivity contribution >= 4 is 16.7 Å². The van der Waals surface area contributed by atoms with Crippen LogP contribution in [0.15, 0.2) is 47.9 Å². The fourth-order valence-corrected chi connectivity index (χ4v) is 5.37. The van der Waals surface area contributed by atoms with Crippen LogP contribution in [0.4, 0.5) is 0 Å². The number of nitrogens with zero attached hydrogens (tertiary/aromatic N) is 7. The minimum absolute atomic E-state index is 0.0657. The van der Waals surface area contributed by atoms with E-state index in [4.69, 9.17) is 4.74 Å². The van der Waals surface area contributed by atoms with Gasteiger partial charge in [-0.05, 0) is 68.1 Å². The first-order chi connectivity index (χ1) is 17.5. The van der Waals surface area contributed by atoms with Gasteiger partial charge in [0.2, 0.25) is 0 Å². The number of rotatable bonds is 5. The molecule has 5 aromatic rings. The van der Waals surface area contributed by atoms with Crippen molar-refractivity contribution in [3.05, 3.63) is 70.3 Å². The summed E-state index contributed by atoms with van der Waals surface area (Å²) in [6.45, 7) is 6.64. The van der Waals surface area contributed by atoms with Gasteiger partial charge in [0.15, 0.2) is 5.65 Å². The number of hydrogen-bond donors (Lipinski definition) is 1. The smallest absolute Gasteiger partial charge is 0.326 e. The Bertz CT molecular complexity index is 1620. The van der Waals surface area contributed by atoms with Crippen molar-refractivity contribution in [2.75, 3.05) is 20.2 Å². The van der Waals surface area contributed by atoms with Gasteiger partial charge in [-0.2, -0.15) is 5.10 Å². The summed E-state index contributed by atoms with van der Waals surface area (Å²) in [5, 5.41) is 4.31. The van der Waals surface area contributed by atoms with Gasteiger partial charge in [-0.25, -0.2) is 24.3 Å². The minimum atomic E-state index is -0.0657. The summed E-state index contributed by atoms with van der Waals surface area (Å²) in [5.74, 6) is 0. The Morgan fingerprint density at radius 2 is 1.94 bits per heavy atom. The first kappa shape index (κ1) is 22.4. The molecule has 1 aliphatic rings. The predicted octanol–water partition coefficient (Wildman–Crippen LogP) is 3.29. The number of aryl methyl sites for hydroxylation is 2. The SMILES string of the molecule is COc1ncc(CN2CCCC(n3c(=O)[nH]c4cc(-c5cc(C)c6ncnn6c5)c(C)cc43)C2)cn1. The maximum absolute atomic E-state index is 13.2. The third-order valence-corrected chi connectivity index (χ3v) is 7.05. The van der Waals surface area contributed by atoms with Gasteiger partial charge >= 0.3 is 11.7 Å². The van der Waals surface area contributed by atoms with Crippen molar-refractivity contribution in [3.63, 3.8) is 0 Å². The third-order valence-electron chi connectivity index (χ3n) is 7.05. The highest BCUT2D eigenvalue weighted by atomic mass is 16.5. The second-order valence-corrected chi connectivity index (χ2v) is 9.53. The lowest BCUT2D eigenvalue weighted by atomic mass is 9.99. The number of benzene rings is 1. The standard InChI is InChI=1S/C26H28N8O2/c1-16-8-23-22(9-21(16)19-7-17(2)24-29-15-30-33(24)13-19)31-26(35)34(23)20-5-4-6-32(14-20)12-18-10-27-25(36-3)28-11-18/h7-11,13,15,20H,4-6,12,14H2,1-3H3,(H,31,35). The maximum atomic E-state index is 13.2. The Hall–Kier alpha value is -4.05. The lowest BCUT2D eigenvalue weighted by molar-refractivity contribution is 0.170. The van der Waals surface area contributed by atoms with Crippen molar-refractivity contribution in [2.45, 2.75) is 39.3 Å². The third kappa shape index (κ3) is 3.93. The number of methoxy groups -OCH3 is 1. The molecule has 0 saturated carbocycles. The average molecular weight is 485 g/mol. The molecule has 184 valence electrons. The van der Waals surface area contributed by atoms with Crippen LogP contribution >= 0.6 is 0 Å². The molecule has 10 nitrogen and oxygen atoms in total. The van der Waals surface area contributed by atoms with E-state index in [0.29, 0.717) is 6.01 Å². The van der Waals surface area contributed by atoms with Gasteiger partial charge in [0.05, 0.1) is 24.2 Å². The molecule has 0 spiro atoms. The van der Waals surface area contributed by atoms with Crippen LogP contribution in [0, 0.1) is 13.8 Å². The molecular formula is C26H28N8O2. The molecule has 0 radical (unpaired) electrons. The fourth-order valence-electron chi connectivity index (χ4n) is 5.37. The zero-order valence-electron chi connectivity index (χ0n) is 20.6. The molecule has 0 bridgehead atoms. The Balaban J connectivity index is 1.31. The zero-order chi connectivity index (χ0) is 24.8. The second-order valence-electron chi connectivity index (χ2n) is 9.53. The molecule has 0 amide bonds. The number of nitrogens with one attached hydrogen (secondary N) is 1. The first-order valence-corrected chi connectivity index (χ1v) is 12.1. The highest BCUT2D eigenvalue weighted by molar-refractivity contribution is 5.84. The average Bonchev–Trinajstić information content (AvgIpc) is 3.48. The molecule has 4 aromatic heterocycles. The molecule has 1 saturated heterocycles. The molecule has 10 heteroatoms. The number of ether oxygens (including phenoxy) is 1. The van der Waals surface area contributed by atoms with E-state index in [1.54, 1.807) is 30.3 Å². The van der Waals surface area contributed by atoms with Gasteiger partial charge in [0.1, 0.15) is 6.33 Å². The molecule has 5 heterocycles.